The Hall–Kier alpha value is -2.98. The van der Waals surface area contributed by atoms with Crippen LogP contribution in [-0.2, 0) is 24.4 Å². The Labute approximate surface area is 191 Å². The highest BCUT2D eigenvalue weighted by Gasteiger charge is 2.25. The van der Waals surface area contributed by atoms with E-state index < -0.39 is 0 Å². The van der Waals surface area contributed by atoms with Gasteiger partial charge in [-0.1, -0.05) is 19.3 Å². The van der Waals surface area contributed by atoms with Crippen LogP contribution >= 0.6 is 0 Å². The molecular weight excluding hydrogens is 424 g/mol. The second kappa shape index (κ2) is 9.88. The van der Waals surface area contributed by atoms with E-state index in [0.717, 1.165) is 35.1 Å². The molecular formula is C23H30N6O4. The number of rotatable bonds is 8. The zero-order valence-electron chi connectivity index (χ0n) is 19.0. The molecule has 176 valence electrons. The first-order chi connectivity index (χ1) is 16.2. The van der Waals surface area contributed by atoms with Crippen molar-refractivity contribution >= 4 is 10.9 Å². The van der Waals surface area contributed by atoms with Crippen molar-refractivity contribution < 1.29 is 14.2 Å². The Morgan fingerprint density at radius 2 is 1.91 bits per heavy atom. The van der Waals surface area contributed by atoms with Crippen molar-refractivity contribution in [2.75, 3.05) is 26.9 Å². The molecule has 3 heterocycles. The molecule has 1 aliphatic carbocycles. The van der Waals surface area contributed by atoms with Gasteiger partial charge in [0.15, 0.2) is 17.3 Å². The van der Waals surface area contributed by atoms with E-state index in [0.29, 0.717) is 57.0 Å². The number of aromatic nitrogens is 5. The summed E-state index contributed by atoms with van der Waals surface area (Å²) in [7, 11) is 1.67. The van der Waals surface area contributed by atoms with Gasteiger partial charge >= 0.3 is 0 Å². The third kappa shape index (κ3) is 4.86. The Kier molecular flexibility index (Phi) is 6.54. The number of fused-ring (bicyclic) bond motifs is 2. The van der Waals surface area contributed by atoms with Crippen molar-refractivity contribution in [3.8, 4) is 11.5 Å². The highest BCUT2D eigenvalue weighted by atomic mass is 16.6. The quantitative estimate of drug-likeness (QED) is 0.552. The molecule has 0 spiro atoms. The Balaban J connectivity index is 1.44. The van der Waals surface area contributed by atoms with E-state index in [4.69, 9.17) is 14.2 Å². The molecule has 33 heavy (non-hydrogen) atoms. The average Bonchev–Trinajstić information content (AvgIpc) is 3.29. The van der Waals surface area contributed by atoms with E-state index in [-0.39, 0.29) is 5.56 Å². The number of methoxy groups -OCH3 is 1. The standard InChI is InChI=1S/C23H30N6O4/c1-31-8-7-29-22(25-26-27-29)15-28(18-5-3-2-4-6-18)14-17-11-16-12-20-21(33-10-9-32-20)13-19(16)24-23(17)30/h11-13,18H,2-10,14-15H2,1H3,(H,24,30). The molecule has 0 bridgehead atoms. The Morgan fingerprint density at radius 3 is 2.70 bits per heavy atom. The maximum atomic E-state index is 13.0. The highest BCUT2D eigenvalue weighted by molar-refractivity contribution is 5.83. The summed E-state index contributed by atoms with van der Waals surface area (Å²) >= 11 is 0. The third-order valence-corrected chi connectivity index (χ3v) is 6.51. The normalized spacial score (nSPS) is 16.5. The van der Waals surface area contributed by atoms with Crippen LogP contribution in [0.25, 0.3) is 10.9 Å². The molecule has 2 aromatic heterocycles. The van der Waals surface area contributed by atoms with Crippen LogP contribution in [0.3, 0.4) is 0 Å². The number of ether oxygens (including phenoxy) is 3. The zero-order valence-corrected chi connectivity index (χ0v) is 19.0. The van der Waals surface area contributed by atoms with E-state index in [1.807, 2.05) is 18.2 Å². The summed E-state index contributed by atoms with van der Waals surface area (Å²) in [4.78, 5) is 18.4. The summed E-state index contributed by atoms with van der Waals surface area (Å²) in [5.74, 6) is 2.17. The summed E-state index contributed by atoms with van der Waals surface area (Å²) in [6.45, 7) is 3.30. The van der Waals surface area contributed by atoms with Crippen LogP contribution in [0, 0.1) is 0 Å². The smallest absolute Gasteiger partial charge is 0.252 e. The van der Waals surface area contributed by atoms with Gasteiger partial charge in [0.1, 0.15) is 13.2 Å². The maximum Gasteiger partial charge on any atom is 0.252 e. The van der Waals surface area contributed by atoms with Gasteiger partial charge in [0, 0.05) is 36.7 Å². The van der Waals surface area contributed by atoms with Crippen molar-refractivity contribution in [3.05, 3.63) is 39.9 Å². The van der Waals surface area contributed by atoms with Crippen LogP contribution in [0.5, 0.6) is 11.5 Å². The predicted molar refractivity (Wildman–Crippen MR) is 121 cm³/mol. The lowest BCUT2D eigenvalue weighted by molar-refractivity contribution is 0.131. The topological polar surface area (TPSA) is 107 Å². The molecule has 1 N–H and O–H groups in total. The lowest BCUT2D eigenvalue weighted by Crippen LogP contribution is -2.38. The van der Waals surface area contributed by atoms with Gasteiger partial charge in [0.05, 0.1) is 25.2 Å². The lowest BCUT2D eigenvalue weighted by Gasteiger charge is -2.33. The van der Waals surface area contributed by atoms with Crippen molar-refractivity contribution in [2.45, 2.75) is 57.8 Å². The van der Waals surface area contributed by atoms with Crippen molar-refractivity contribution in [2.24, 2.45) is 0 Å². The number of nitrogens with zero attached hydrogens (tertiary/aromatic N) is 5. The molecule has 2 aliphatic rings. The molecule has 5 rings (SSSR count). The number of benzene rings is 1. The first-order valence-electron chi connectivity index (χ1n) is 11.6. The summed E-state index contributed by atoms with van der Waals surface area (Å²) in [5, 5.41) is 13.2. The number of hydrogen-bond acceptors (Lipinski definition) is 8. The van der Waals surface area contributed by atoms with Crippen molar-refractivity contribution in [1.29, 1.82) is 0 Å². The predicted octanol–water partition coefficient (Wildman–Crippen LogP) is 2.27. The summed E-state index contributed by atoms with van der Waals surface area (Å²) in [5.41, 5.74) is 1.39. The molecule has 1 aromatic carbocycles. The molecule has 1 fully saturated rings. The highest BCUT2D eigenvalue weighted by Crippen LogP contribution is 2.34. The molecule has 3 aromatic rings. The van der Waals surface area contributed by atoms with Crippen molar-refractivity contribution in [1.82, 2.24) is 30.1 Å². The van der Waals surface area contributed by atoms with E-state index in [1.165, 1.54) is 19.3 Å². The molecule has 1 saturated carbocycles. The van der Waals surface area contributed by atoms with Crippen LogP contribution in [-0.4, -0.2) is 63.1 Å². The van der Waals surface area contributed by atoms with Gasteiger partial charge in [-0.05, 0) is 35.4 Å². The minimum absolute atomic E-state index is 0.0843. The Morgan fingerprint density at radius 1 is 1.12 bits per heavy atom. The van der Waals surface area contributed by atoms with Crippen molar-refractivity contribution in [3.63, 3.8) is 0 Å². The van der Waals surface area contributed by atoms with Gasteiger partial charge in [-0.3, -0.25) is 9.69 Å². The average molecular weight is 455 g/mol. The molecule has 0 atom stereocenters. The van der Waals surface area contributed by atoms with Crippen LogP contribution < -0.4 is 15.0 Å². The Bertz CT molecular complexity index is 1150. The summed E-state index contributed by atoms with van der Waals surface area (Å²) in [6, 6.07) is 6.15. The monoisotopic (exact) mass is 454 g/mol. The molecule has 10 nitrogen and oxygen atoms in total. The fourth-order valence-corrected chi connectivity index (χ4v) is 4.75. The number of nitrogens with one attached hydrogen (secondary N) is 1. The van der Waals surface area contributed by atoms with Gasteiger partial charge in [0.25, 0.3) is 5.56 Å². The number of pyridine rings is 1. The third-order valence-electron chi connectivity index (χ3n) is 6.51. The van der Waals surface area contributed by atoms with Crippen LogP contribution in [0.1, 0.15) is 43.5 Å². The molecule has 1 aliphatic heterocycles. The van der Waals surface area contributed by atoms with E-state index >= 15 is 0 Å². The molecule has 0 radical (unpaired) electrons. The number of aromatic amines is 1. The first-order valence-corrected chi connectivity index (χ1v) is 11.6. The largest absolute Gasteiger partial charge is 0.486 e. The fourth-order valence-electron chi connectivity index (χ4n) is 4.75. The fraction of sp³-hybridized carbons (Fsp3) is 0.565. The summed E-state index contributed by atoms with van der Waals surface area (Å²) < 4.78 is 18.4. The van der Waals surface area contributed by atoms with E-state index in [2.05, 4.69) is 25.4 Å². The van der Waals surface area contributed by atoms with Gasteiger partial charge < -0.3 is 19.2 Å². The van der Waals surface area contributed by atoms with Gasteiger partial charge in [-0.25, -0.2) is 4.68 Å². The van der Waals surface area contributed by atoms with Crippen LogP contribution in [0.2, 0.25) is 0 Å². The SMILES string of the molecule is COCCn1nnnc1CN(Cc1cc2cc3c(cc2[nH]c1=O)OCCO3)C1CCCCC1. The molecule has 0 saturated heterocycles. The first kappa shape index (κ1) is 21.8. The second-order valence-electron chi connectivity index (χ2n) is 8.71. The second-order valence-corrected chi connectivity index (χ2v) is 8.71. The minimum atomic E-state index is -0.0843. The van der Waals surface area contributed by atoms with Crippen LogP contribution in [0.15, 0.2) is 23.0 Å². The van der Waals surface area contributed by atoms with E-state index in [9.17, 15) is 4.79 Å². The lowest BCUT2D eigenvalue weighted by atomic mass is 9.93. The number of H-pyrrole nitrogens is 1. The van der Waals surface area contributed by atoms with E-state index in [1.54, 1.807) is 11.8 Å². The van der Waals surface area contributed by atoms with Gasteiger partial charge in [-0.2, -0.15) is 0 Å². The number of hydrogen-bond donors (Lipinski definition) is 1. The van der Waals surface area contributed by atoms with Crippen LogP contribution in [0.4, 0.5) is 0 Å². The molecule has 0 amide bonds. The molecule has 0 unspecified atom stereocenters. The zero-order chi connectivity index (χ0) is 22.6. The number of tetrazole rings is 1. The maximum absolute atomic E-state index is 13.0. The van der Waals surface area contributed by atoms with Gasteiger partial charge in [0.2, 0.25) is 0 Å². The molecule has 10 heteroatoms. The minimum Gasteiger partial charge on any atom is -0.486 e. The van der Waals surface area contributed by atoms with Gasteiger partial charge in [-0.15, -0.1) is 5.10 Å². The summed E-state index contributed by atoms with van der Waals surface area (Å²) in [6.07, 6.45) is 5.90.